The maximum atomic E-state index is 10.7. The van der Waals surface area contributed by atoms with Gasteiger partial charge in [-0.25, -0.2) is 0 Å². The molecule has 0 aliphatic carbocycles. The SMILES string of the molecule is CCCCCOOc1ccccc1C(=O)[O-]. The van der Waals surface area contributed by atoms with Crippen LogP contribution in [0.4, 0.5) is 0 Å². The number of benzene rings is 1. The third kappa shape index (κ3) is 3.90. The summed E-state index contributed by atoms with van der Waals surface area (Å²) >= 11 is 0. The van der Waals surface area contributed by atoms with E-state index in [1.54, 1.807) is 12.1 Å². The van der Waals surface area contributed by atoms with Crippen molar-refractivity contribution in [1.82, 2.24) is 0 Å². The van der Waals surface area contributed by atoms with Crippen LogP contribution in [0.15, 0.2) is 24.3 Å². The van der Waals surface area contributed by atoms with Crippen LogP contribution in [0.1, 0.15) is 36.5 Å². The molecule has 0 spiro atoms. The lowest BCUT2D eigenvalue weighted by Crippen LogP contribution is -2.23. The van der Waals surface area contributed by atoms with Gasteiger partial charge < -0.3 is 14.8 Å². The van der Waals surface area contributed by atoms with Crippen LogP contribution < -0.4 is 9.99 Å². The first-order valence-corrected chi connectivity index (χ1v) is 5.35. The fourth-order valence-corrected chi connectivity index (χ4v) is 1.22. The molecule has 1 aromatic rings. The number of hydrogen-bond donors (Lipinski definition) is 0. The number of carbonyl (C=O) groups is 1. The van der Waals surface area contributed by atoms with Gasteiger partial charge >= 0.3 is 0 Å². The Morgan fingerprint density at radius 3 is 2.75 bits per heavy atom. The molecule has 0 aliphatic rings. The zero-order valence-electron chi connectivity index (χ0n) is 9.27. The topological polar surface area (TPSA) is 58.6 Å². The number of rotatable bonds is 7. The Morgan fingerprint density at radius 2 is 2.06 bits per heavy atom. The average Bonchev–Trinajstić information content (AvgIpc) is 2.29. The Bertz CT molecular complexity index is 336. The maximum absolute atomic E-state index is 10.7. The van der Waals surface area contributed by atoms with E-state index in [4.69, 9.17) is 9.78 Å². The fraction of sp³-hybridized carbons (Fsp3) is 0.417. The van der Waals surface area contributed by atoms with Crippen LogP contribution >= 0.6 is 0 Å². The molecule has 0 heterocycles. The van der Waals surface area contributed by atoms with Gasteiger partial charge in [0.25, 0.3) is 0 Å². The van der Waals surface area contributed by atoms with Crippen molar-refractivity contribution in [2.24, 2.45) is 0 Å². The van der Waals surface area contributed by atoms with Crippen LogP contribution in [0.5, 0.6) is 5.75 Å². The Hall–Kier alpha value is -1.55. The van der Waals surface area contributed by atoms with Crippen LogP contribution in [-0.2, 0) is 4.89 Å². The molecule has 4 heteroatoms. The molecule has 0 N–H and O–H groups in total. The first-order valence-electron chi connectivity index (χ1n) is 5.35. The summed E-state index contributed by atoms with van der Waals surface area (Å²) in [6.45, 7) is 2.54. The van der Waals surface area contributed by atoms with Gasteiger partial charge in [0.1, 0.15) is 0 Å². The van der Waals surface area contributed by atoms with Crippen molar-refractivity contribution in [3.8, 4) is 5.75 Å². The zero-order valence-corrected chi connectivity index (χ0v) is 9.27. The van der Waals surface area contributed by atoms with Gasteiger partial charge in [-0.05, 0) is 18.6 Å². The van der Waals surface area contributed by atoms with E-state index in [1.165, 1.54) is 12.1 Å². The lowest BCUT2D eigenvalue weighted by atomic mass is 10.2. The lowest BCUT2D eigenvalue weighted by molar-refractivity contribution is -0.256. The van der Waals surface area contributed by atoms with E-state index in [0.29, 0.717) is 6.61 Å². The number of carboxylic acids is 1. The zero-order chi connectivity index (χ0) is 11.8. The first kappa shape index (κ1) is 12.5. The standard InChI is InChI=1S/C12H16O4/c1-2-3-6-9-15-16-11-8-5-4-7-10(11)12(13)14/h4-5,7-8H,2-3,6,9H2,1H3,(H,13,14)/p-1. The van der Waals surface area contributed by atoms with Crippen molar-refractivity contribution in [1.29, 1.82) is 0 Å². The summed E-state index contributed by atoms with van der Waals surface area (Å²) in [6, 6.07) is 6.23. The van der Waals surface area contributed by atoms with E-state index >= 15 is 0 Å². The molecular weight excluding hydrogens is 208 g/mol. The first-order chi connectivity index (χ1) is 7.75. The van der Waals surface area contributed by atoms with E-state index in [9.17, 15) is 9.90 Å². The summed E-state index contributed by atoms with van der Waals surface area (Å²) in [4.78, 5) is 20.6. The van der Waals surface area contributed by atoms with E-state index in [2.05, 4.69) is 6.92 Å². The van der Waals surface area contributed by atoms with E-state index < -0.39 is 5.97 Å². The van der Waals surface area contributed by atoms with Crippen LogP contribution in [0, 0.1) is 0 Å². The van der Waals surface area contributed by atoms with Crippen LogP contribution in [0.3, 0.4) is 0 Å². The highest BCUT2D eigenvalue weighted by Gasteiger charge is 2.04. The molecule has 1 rings (SSSR count). The van der Waals surface area contributed by atoms with Gasteiger partial charge in [0.15, 0.2) is 5.75 Å². The average molecular weight is 223 g/mol. The summed E-state index contributed by atoms with van der Waals surface area (Å²) in [7, 11) is 0. The van der Waals surface area contributed by atoms with Crippen molar-refractivity contribution >= 4 is 5.97 Å². The third-order valence-corrected chi connectivity index (χ3v) is 2.09. The van der Waals surface area contributed by atoms with Gasteiger partial charge in [-0.15, -0.1) is 0 Å². The third-order valence-electron chi connectivity index (χ3n) is 2.09. The van der Waals surface area contributed by atoms with Crippen molar-refractivity contribution in [2.75, 3.05) is 6.61 Å². The molecule has 16 heavy (non-hydrogen) atoms. The van der Waals surface area contributed by atoms with Gasteiger partial charge in [0.05, 0.1) is 12.6 Å². The molecule has 88 valence electrons. The fourth-order valence-electron chi connectivity index (χ4n) is 1.22. The Kier molecular flexibility index (Phi) is 5.36. The minimum absolute atomic E-state index is 0.00186. The van der Waals surface area contributed by atoms with Crippen molar-refractivity contribution in [3.05, 3.63) is 29.8 Å². The number of carboxylic acid groups (broad SMARTS) is 1. The van der Waals surface area contributed by atoms with Crippen LogP contribution in [0.2, 0.25) is 0 Å². The van der Waals surface area contributed by atoms with Gasteiger partial charge in [0, 0.05) is 5.56 Å². The van der Waals surface area contributed by atoms with Gasteiger partial charge in [-0.1, -0.05) is 31.9 Å². The Morgan fingerprint density at radius 1 is 1.31 bits per heavy atom. The summed E-state index contributed by atoms with van der Waals surface area (Å²) in [6.07, 6.45) is 3.05. The quantitative estimate of drug-likeness (QED) is 0.400. The molecule has 1 aromatic carbocycles. The second-order valence-electron chi connectivity index (χ2n) is 3.40. The second kappa shape index (κ2) is 6.85. The molecule has 0 fully saturated rings. The minimum Gasteiger partial charge on any atom is -0.545 e. The van der Waals surface area contributed by atoms with Gasteiger partial charge in [-0.3, -0.25) is 0 Å². The number of hydrogen-bond acceptors (Lipinski definition) is 4. The maximum Gasteiger partial charge on any atom is 0.174 e. The highest BCUT2D eigenvalue weighted by molar-refractivity contribution is 5.89. The molecule has 0 saturated heterocycles. The van der Waals surface area contributed by atoms with Crippen LogP contribution in [0.25, 0.3) is 0 Å². The van der Waals surface area contributed by atoms with E-state index in [1.807, 2.05) is 0 Å². The largest absolute Gasteiger partial charge is 0.545 e. The summed E-state index contributed by atoms with van der Waals surface area (Å²) < 4.78 is 0. The molecule has 0 bridgehead atoms. The van der Waals surface area contributed by atoms with Crippen LogP contribution in [-0.4, -0.2) is 12.6 Å². The van der Waals surface area contributed by atoms with E-state index in [-0.39, 0.29) is 11.3 Å². The molecule has 0 saturated carbocycles. The highest BCUT2D eigenvalue weighted by atomic mass is 17.2. The molecule has 0 unspecified atom stereocenters. The van der Waals surface area contributed by atoms with Crippen molar-refractivity contribution in [2.45, 2.75) is 26.2 Å². The number of carbonyl (C=O) groups excluding carboxylic acids is 1. The molecular formula is C12H15O4-. The predicted octanol–water partition coefficient (Wildman–Crippen LogP) is 1.55. The number of unbranched alkanes of at least 4 members (excludes halogenated alkanes) is 2. The Balaban J connectivity index is 2.44. The molecule has 0 radical (unpaired) electrons. The highest BCUT2D eigenvalue weighted by Crippen LogP contribution is 2.17. The molecule has 0 atom stereocenters. The smallest absolute Gasteiger partial charge is 0.174 e. The molecule has 0 aromatic heterocycles. The molecule has 0 aliphatic heterocycles. The Labute approximate surface area is 94.7 Å². The number of aromatic carboxylic acids is 1. The summed E-state index contributed by atoms with van der Waals surface area (Å²) in [5.74, 6) is -1.09. The van der Waals surface area contributed by atoms with Crippen molar-refractivity contribution < 1.29 is 19.7 Å². The predicted molar refractivity (Wildman–Crippen MR) is 56.9 cm³/mol. The lowest BCUT2D eigenvalue weighted by Gasteiger charge is -2.09. The van der Waals surface area contributed by atoms with Gasteiger partial charge in [-0.2, -0.15) is 4.89 Å². The van der Waals surface area contributed by atoms with Gasteiger partial charge in [0.2, 0.25) is 0 Å². The summed E-state index contributed by atoms with van der Waals surface area (Å²) in [5.41, 5.74) is -0.00186. The normalized spacial score (nSPS) is 10.1. The molecule has 4 nitrogen and oxygen atoms in total. The monoisotopic (exact) mass is 223 g/mol. The van der Waals surface area contributed by atoms with E-state index in [0.717, 1.165) is 19.3 Å². The van der Waals surface area contributed by atoms with Crippen molar-refractivity contribution in [3.63, 3.8) is 0 Å². The minimum atomic E-state index is -1.27. The molecule has 0 amide bonds. The summed E-state index contributed by atoms with van der Waals surface area (Å²) in [5, 5.41) is 10.7. The second-order valence-corrected chi connectivity index (χ2v) is 3.40. The number of para-hydroxylation sites is 1.